The molecule has 204 valence electrons. The van der Waals surface area contributed by atoms with Gasteiger partial charge >= 0.3 is 0 Å². The number of aryl methyl sites for hydroxylation is 1. The van der Waals surface area contributed by atoms with Gasteiger partial charge in [-0.05, 0) is 78.9 Å². The van der Waals surface area contributed by atoms with Crippen molar-refractivity contribution in [3.05, 3.63) is 107 Å². The zero-order valence-corrected chi connectivity index (χ0v) is 23.0. The molecule has 0 bridgehead atoms. The van der Waals surface area contributed by atoms with Gasteiger partial charge in [-0.3, -0.25) is 4.90 Å². The molecule has 3 nitrogen and oxygen atoms in total. The number of hydrogen-bond acceptors (Lipinski definition) is 4. The van der Waals surface area contributed by atoms with E-state index in [9.17, 15) is 13.9 Å². The minimum absolute atomic E-state index is 0.123. The number of nitrogens with zero attached hydrogens (tertiary/aromatic N) is 2. The quantitative estimate of drug-likeness (QED) is 0.247. The first-order valence-electron chi connectivity index (χ1n) is 13.8. The first-order valence-corrected chi connectivity index (χ1v) is 15.0. The van der Waals surface area contributed by atoms with Crippen molar-refractivity contribution >= 4 is 11.8 Å². The molecule has 1 saturated heterocycles. The molecule has 0 spiro atoms. The molecule has 6 heteroatoms. The number of aliphatic hydroxyl groups is 1. The van der Waals surface area contributed by atoms with Crippen LogP contribution in [0.3, 0.4) is 0 Å². The molecule has 1 heterocycles. The predicted molar refractivity (Wildman–Crippen MR) is 155 cm³/mol. The van der Waals surface area contributed by atoms with Crippen molar-refractivity contribution in [2.75, 3.05) is 50.8 Å². The first-order chi connectivity index (χ1) is 18.6. The highest BCUT2D eigenvalue weighted by Gasteiger charge is 2.20. The minimum atomic E-state index is -0.282. The molecule has 38 heavy (non-hydrogen) atoms. The van der Waals surface area contributed by atoms with Gasteiger partial charge in [-0.1, -0.05) is 54.6 Å². The zero-order valence-electron chi connectivity index (χ0n) is 22.2. The molecule has 1 aliphatic heterocycles. The van der Waals surface area contributed by atoms with Crippen molar-refractivity contribution in [3.63, 3.8) is 0 Å². The molecular weight excluding hydrogens is 498 g/mol. The molecule has 0 aromatic heterocycles. The van der Waals surface area contributed by atoms with Crippen molar-refractivity contribution in [1.82, 2.24) is 9.80 Å². The SMILES string of the molecule is OC(CSCCCc1ccccc1)CN1CCN(CCCC(c2ccc(F)cc2)c2ccc(F)cc2)CC1. The molecule has 0 aliphatic carbocycles. The van der Waals surface area contributed by atoms with Gasteiger partial charge in [-0.15, -0.1) is 0 Å². The fourth-order valence-electron chi connectivity index (χ4n) is 5.22. The molecule has 3 aromatic carbocycles. The van der Waals surface area contributed by atoms with Crippen molar-refractivity contribution in [3.8, 4) is 0 Å². The van der Waals surface area contributed by atoms with Crippen LogP contribution in [-0.4, -0.2) is 71.8 Å². The predicted octanol–water partition coefficient (Wildman–Crippen LogP) is 6.22. The van der Waals surface area contributed by atoms with Crippen LogP contribution in [-0.2, 0) is 6.42 Å². The standard InChI is InChI=1S/C32H40F2N2OS/c33-29-14-10-27(11-15-29)32(28-12-16-30(34)17-13-28)9-4-18-35-19-21-36(22-20-35)24-31(37)25-38-23-5-8-26-6-2-1-3-7-26/h1-3,6-7,10-17,31-32,37H,4-5,8-9,18-25H2. The molecule has 0 amide bonds. The molecule has 1 fully saturated rings. The van der Waals surface area contributed by atoms with Crippen LogP contribution in [0.4, 0.5) is 8.78 Å². The lowest BCUT2D eigenvalue weighted by atomic mass is 9.87. The maximum Gasteiger partial charge on any atom is 0.123 e. The Morgan fingerprint density at radius 1 is 0.737 bits per heavy atom. The molecular formula is C32H40F2N2OS. The van der Waals surface area contributed by atoms with Gasteiger partial charge < -0.3 is 10.0 Å². The molecule has 1 N–H and O–H groups in total. The van der Waals surface area contributed by atoms with E-state index in [0.29, 0.717) is 0 Å². The highest BCUT2D eigenvalue weighted by molar-refractivity contribution is 7.99. The van der Waals surface area contributed by atoms with Gasteiger partial charge in [0.15, 0.2) is 0 Å². The monoisotopic (exact) mass is 538 g/mol. The van der Waals surface area contributed by atoms with E-state index in [1.807, 2.05) is 36.0 Å². The number of thioether (sulfide) groups is 1. The van der Waals surface area contributed by atoms with E-state index in [0.717, 1.165) is 87.6 Å². The molecule has 1 aliphatic rings. The number of β-amino-alcohol motifs (C(OH)–C–C–N with tert-alkyl or cyclic N) is 1. The molecule has 1 unspecified atom stereocenters. The highest BCUT2D eigenvalue weighted by atomic mass is 32.2. The Morgan fingerprint density at radius 2 is 1.32 bits per heavy atom. The smallest absolute Gasteiger partial charge is 0.123 e. The number of piperazine rings is 1. The summed E-state index contributed by atoms with van der Waals surface area (Å²) >= 11 is 1.85. The highest BCUT2D eigenvalue weighted by Crippen LogP contribution is 2.30. The molecule has 0 saturated carbocycles. The summed E-state index contributed by atoms with van der Waals surface area (Å²) in [6, 6.07) is 24.0. The van der Waals surface area contributed by atoms with Crippen LogP contribution in [0.2, 0.25) is 0 Å². The lowest BCUT2D eigenvalue weighted by Gasteiger charge is -2.35. The average Bonchev–Trinajstić information content (AvgIpc) is 2.94. The van der Waals surface area contributed by atoms with Crippen LogP contribution < -0.4 is 0 Å². The number of benzene rings is 3. The third-order valence-corrected chi connectivity index (χ3v) is 8.55. The lowest BCUT2D eigenvalue weighted by Crippen LogP contribution is -2.49. The molecule has 0 radical (unpaired) electrons. The third kappa shape index (κ3) is 9.49. The lowest BCUT2D eigenvalue weighted by molar-refractivity contribution is 0.0819. The Labute approximate surface area is 230 Å². The topological polar surface area (TPSA) is 26.7 Å². The minimum Gasteiger partial charge on any atom is -0.391 e. The van der Waals surface area contributed by atoms with E-state index in [-0.39, 0.29) is 23.7 Å². The van der Waals surface area contributed by atoms with Crippen molar-refractivity contribution in [2.45, 2.75) is 37.7 Å². The number of rotatable bonds is 14. The summed E-state index contributed by atoms with van der Waals surface area (Å²) in [6.45, 7) is 5.73. The van der Waals surface area contributed by atoms with Gasteiger partial charge in [0.05, 0.1) is 6.10 Å². The van der Waals surface area contributed by atoms with E-state index >= 15 is 0 Å². The first kappa shape index (κ1) is 28.8. The van der Waals surface area contributed by atoms with Gasteiger partial charge in [0, 0.05) is 44.4 Å². The molecule has 1 atom stereocenters. The number of hydrogen-bond donors (Lipinski definition) is 1. The fraction of sp³-hybridized carbons (Fsp3) is 0.438. The average molecular weight is 539 g/mol. The Balaban J connectivity index is 1.13. The summed E-state index contributed by atoms with van der Waals surface area (Å²) in [5.41, 5.74) is 3.51. The Bertz CT molecular complexity index is 1010. The Kier molecular flexibility index (Phi) is 11.6. The Morgan fingerprint density at radius 3 is 1.92 bits per heavy atom. The summed E-state index contributed by atoms with van der Waals surface area (Å²) in [4.78, 5) is 4.87. The summed E-state index contributed by atoms with van der Waals surface area (Å²) in [6.07, 6.45) is 3.90. The van der Waals surface area contributed by atoms with E-state index < -0.39 is 0 Å². The van der Waals surface area contributed by atoms with E-state index in [4.69, 9.17) is 0 Å². The van der Waals surface area contributed by atoms with Gasteiger partial charge in [0.2, 0.25) is 0 Å². The fourth-order valence-corrected chi connectivity index (χ4v) is 6.12. The van der Waals surface area contributed by atoms with E-state index in [1.165, 1.54) is 29.8 Å². The van der Waals surface area contributed by atoms with Crippen molar-refractivity contribution in [1.29, 1.82) is 0 Å². The van der Waals surface area contributed by atoms with Crippen molar-refractivity contribution in [2.24, 2.45) is 0 Å². The van der Waals surface area contributed by atoms with E-state index in [2.05, 4.69) is 40.1 Å². The summed E-state index contributed by atoms with van der Waals surface area (Å²) < 4.78 is 27.0. The van der Waals surface area contributed by atoms with Crippen LogP contribution >= 0.6 is 11.8 Å². The summed E-state index contributed by atoms with van der Waals surface area (Å²) in [5, 5.41) is 10.5. The van der Waals surface area contributed by atoms with Crippen LogP contribution in [0.5, 0.6) is 0 Å². The zero-order chi connectivity index (χ0) is 26.6. The number of halogens is 2. The summed E-state index contributed by atoms with van der Waals surface area (Å²) in [7, 11) is 0. The van der Waals surface area contributed by atoms with Gasteiger partial charge in [-0.2, -0.15) is 11.8 Å². The van der Waals surface area contributed by atoms with Gasteiger partial charge in [-0.25, -0.2) is 8.78 Å². The van der Waals surface area contributed by atoms with Gasteiger partial charge in [0.25, 0.3) is 0 Å². The maximum absolute atomic E-state index is 13.5. The molecule has 4 rings (SSSR count). The normalized spacial score (nSPS) is 15.7. The second-order valence-electron chi connectivity index (χ2n) is 10.3. The summed E-state index contributed by atoms with van der Waals surface area (Å²) in [5.74, 6) is 1.52. The molecule has 3 aromatic rings. The van der Waals surface area contributed by atoms with Crippen LogP contribution in [0.15, 0.2) is 78.9 Å². The van der Waals surface area contributed by atoms with Crippen LogP contribution in [0.1, 0.15) is 41.9 Å². The maximum atomic E-state index is 13.5. The van der Waals surface area contributed by atoms with Gasteiger partial charge in [0.1, 0.15) is 11.6 Å². The van der Waals surface area contributed by atoms with Crippen LogP contribution in [0.25, 0.3) is 0 Å². The largest absolute Gasteiger partial charge is 0.391 e. The second kappa shape index (κ2) is 15.4. The van der Waals surface area contributed by atoms with Crippen LogP contribution in [0, 0.1) is 11.6 Å². The second-order valence-corrected chi connectivity index (χ2v) is 11.4. The van der Waals surface area contributed by atoms with E-state index in [1.54, 1.807) is 0 Å². The Hall–Kier alpha value is -2.25. The number of aliphatic hydroxyl groups excluding tert-OH is 1. The third-order valence-electron chi connectivity index (χ3n) is 7.35. The van der Waals surface area contributed by atoms with Crippen molar-refractivity contribution < 1.29 is 13.9 Å².